The highest BCUT2D eigenvalue weighted by molar-refractivity contribution is 7.66. The van der Waals surface area contributed by atoms with E-state index in [1.165, 1.54) is 0 Å². The average molecular weight is 539 g/mol. The van der Waals surface area contributed by atoms with Crippen LogP contribution in [-0.4, -0.2) is 74.4 Å². The summed E-state index contributed by atoms with van der Waals surface area (Å²) in [6.45, 7) is -1.66. The Labute approximate surface area is 180 Å². The maximum absolute atomic E-state index is 15.2. The lowest BCUT2D eigenvalue weighted by Crippen LogP contribution is -2.34. The first-order valence-corrected chi connectivity index (χ1v) is 12.9. The van der Waals surface area contributed by atoms with Gasteiger partial charge in [-0.1, -0.05) is 0 Å². The number of hydrogen-bond acceptors (Lipinski definition) is 12. The minimum Gasteiger partial charge on any atom is -0.382 e. The number of phosphoric ester groups is 1. The lowest BCUT2D eigenvalue weighted by Gasteiger charge is -2.24. The number of aliphatic hydroxyl groups is 1. The summed E-state index contributed by atoms with van der Waals surface area (Å²) < 4.78 is 80.9. The van der Waals surface area contributed by atoms with Crippen molar-refractivity contribution in [3.05, 3.63) is 12.7 Å². The summed E-state index contributed by atoms with van der Waals surface area (Å²) in [4.78, 5) is 47.3. The van der Waals surface area contributed by atoms with Crippen LogP contribution < -0.4 is 5.73 Å². The molecule has 1 saturated heterocycles. The van der Waals surface area contributed by atoms with Gasteiger partial charge in [-0.25, -0.2) is 37.4 Å². The number of ether oxygens (including phenoxy) is 1. The van der Waals surface area contributed by atoms with Gasteiger partial charge in [-0.15, -0.1) is 0 Å². The fraction of sp³-hybridized carbons (Fsp3) is 0.545. The second kappa shape index (κ2) is 7.52. The third kappa shape index (κ3) is 3.93. The van der Waals surface area contributed by atoms with Crippen LogP contribution in [0.4, 0.5) is 14.6 Å². The summed E-state index contributed by atoms with van der Waals surface area (Å²) in [5.74, 6) is -0.0678. The maximum atomic E-state index is 15.2. The number of imidazole rings is 1. The zero-order valence-electron chi connectivity index (χ0n) is 15.7. The first-order chi connectivity index (χ1) is 15.1. The van der Waals surface area contributed by atoms with E-state index in [-0.39, 0.29) is 17.0 Å². The second-order valence-electron chi connectivity index (χ2n) is 6.92. The number of hydrogen-bond donors (Lipinski definition) is 6. The van der Waals surface area contributed by atoms with E-state index in [0.29, 0.717) is 0 Å². The van der Waals surface area contributed by atoms with Crippen molar-refractivity contribution in [2.75, 3.05) is 12.4 Å². The van der Waals surface area contributed by atoms with Crippen molar-refractivity contribution in [1.29, 1.82) is 0 Å². The smallest absolute Gasteiger partial charge is 0.382 e. The van der Waals surface area contributed by atoms with Crippen LogP contribution in [0.3, 0.4) is 0 Å². The highest BCUT2D eigenvalue weighted by Gasteiger charge is 2.90. The standard InChI is InChI=1S/C11H14F2N5O12P3/c12-1-10-9(28-32(23,24)30-33(25,26)29-31(20,21)22)11(10,19)5(13)8(27-10)18-3-17-4-6(14)15-2-16-7(4)18/h2-3,5,8-9,19H,1H2,(H,23,24)(H,25,26)(H2,14,15,16)(H2,20,21,22)/t5-,8+,9?,10+,11+/m0/s1. The van der Waals surface area contributed by atoms with Crippen molar-refractivity contribution in [2.24, 2.45) is 0 Å². The molecule has 184 valence electrons. The molecule has 3 heterocycles. The first kappa shape index (κ1) is 24.7. The van der Waals surface area contributed by atoms with Gasteiger partial charge in [0.1, 0.15) is 24.6 Å². The van der Waals surface area contributed by atoms with Crippen molar-refractivity contribution < 1.29 is 65.0 Å². The molecule has 7 N–H and O–H groups in total. The molecule has 1 aliphatic heterocycles. The molecule has 2 aromatic heterocycles. The molecule has 17 nitrogen and oxygen atoms in total. The average Bonchev–Trinajstić information content (AvgIpc) is 2.94. The Morgan fingerprint density at radius 3 is 2.39 bits per heavy atom. The number of halogens is 2. The number of phosphoric acid groups is 3. The van der Waals surface area contributed by atoms with Crippen LogP contribution in [0.2, 0.25) is 0 Å². The molecule has 2 aromatic rings. The Kier molecular flexibility index (Phi) is 5.62. The van der Waals surface area contributed by atoms with Gasteiger partial charge in [-0.05, 0) is 0 Å². The number of alkyl halides is 2. The van der Waals surface area contributed by atoms with Gasteiger partial charge in [0.2, 0.25) is 0 Å². The monoisotopic (exact) mass is 539 g/mol. The van der Waals surface area contributed by atoms with Gasteiger partial charge in [-0.2, -0.15) is 8.62 Å². The number of aromatic nitrogens is 4. The zero-order chi connectivity index (χ0) is 24.6. The van der Waals surface area contributed by atoms with Crippen molar-refractivity contribution in [1.82, 2.24) is 19.5 Å². The third-order valence-corrected chi connectivity index (χ3v) is 8.74. The Hall–Kier alpha value is -1.46. The van der Waals surface area contributed by atoms with Gasteiger partial charge in [0, 0.05) is 0 Å². The number of nitrogens with zero attached hydrogens (tertiary/aromatic N) is 4. The molecule has 22 heteroatoms. The Morgan fingerprint density at radius 2 is 1.82 bits per heavy atom. The maximum Gasteiger partial charge on any atom is 0.490 e. The first-order valence-electron chi connectivity index (χ1n) is 8.42. The summed E-state index contributed by atoms with van der Waals surface area (Å²) >= 11 is 0. The van der Waals surface area contributed by atoms with E-state index >= 15 is 4.39 Å². The predicted molar refractivity (Wildman–Crippen MR) is 97.1 cm³/mol. The lowest BCUT2D eigenvalue weighted by molar-refractivity contribution is -0.0936. The predicted octanol–water partition coefficient (Wildman–Crippen LogP) is -0.560. The molecule has 33 heavy (non-hydrogen) atoms. The molecule has 7 atom stereocenters. The van der Waals surface area contributed by atoms with Crippen LogP contribution >= 0.6 is 23.5 Å². The van der Waals surface area contributed by atoms with Crippen LogP contribution in [0, 0.1) is 0 Å². The fourth-order valence-corrected chi connectivity index (χ4v) is 6.82. The SMILES string of the molecule is Nc1ncnc2c1ncn2[C@@H]1O[C@]2(CF)C(OP(=O)(O)OP(=O)(O)OP(=O)(O)O)[C@]2(O)[C@H]1F. The molecule has 2 aliphatic rings. The van der Waals surface area contributed by atoms with Gasteiger partial charge in [0.15, 0.2) is 35.1 Å². The summed E-state index contributed by atoms with van der Waals surface area (Å²) in [6, 6.07) is 0. The summed E-state index contributed by atoms with van der Waals surface area (Å²) in [6.07, 6.45) is -4.49. The molecular weight excluding hydrogens is 525 g/mol. The van der Waals surface area contributed by atoms with E-state index in [0.717, 1.165) is 17.2 Å². The van der Waals surface area contributed by atoms with Crippen LogP contribution in [0.25, 0.3) is 11.2 Å². The van der Waals surface area contributed by atoms with E-state index in [9.17, 15) is 33.0 Å². The molecule has 0 bridgehead atoms. The minimum absolute atomic E-state index is 0.0416. The summed E-state index contributed by atoms with van der Waals surface area (Å²) in [5.41, 5.74) is 0.162. The quantitative estimate of drug-likeness (QED) is 0.230. The van der Waals surface area contributed by atoms with Gasteiger partial charge in [-0.3, -0.25) is 9.09 Å². The fourth-order valence-electron chi connectivity index (χ4n) is 3.57. The van der Waals surface area contributed by atoms with Crippen LogP contribution in [0.5, 0.6) is 0 Å². The molecule has 4 rings (SSSR count). The number of fused-ring (bicyclic) bond motifs is 2. The van der Waals surface area contributed by atoms with Gasteiger partial charge in [0.25, 0.3) is 0 Å². The number of anilines is 1. The van der Waals surface area contributed by atoms with Crippen LogP contribution in [0.15, 0.2) is 12.7 Å². The molecule has 1 saturated carbocycles. The van der Waals surface area contributed by atoms with Crippen LogP contribution in [-0.2, 0) is 31.6 Å². The molecule has 1 aliphatic carbocycles. The minimum atomic E-state index is -5.90. The summed E-state index contributed by atoms with van der Waals surface area (Å²) in [5, 5.41) is 10.7. The Bertz CT molecular complexity index is 1250. The van der Waals surface area contributed by atoms with Gasteiger partial charge < -0.3 is 35.2 Å². The molecule has 0 aromatic carbocycles. The van der Waals surface area contributed by atoms with E-state index < -0.39 is 59.8 Å². The zero-order valence-corrected chi connectivity index (χ0v) is 18.3. The van der Waals surface area contributed by atoms with Gasteiger partial charge >= 0.3 is 23.5 Å². The van der Waals surface area contributed by atoms with E-state index in [1.807, 2.05) is 0 Å². The third-order valence-electron chi connectivity index (χ3n) is 4.93. The number of rotatable bonds is 8. The van der Waals surface area contributed by atoms with E-state index in [4.69, 9.17) is 20.3 Å². The van der Waals surface area contributed by atoms with Crippen LogP contribution in [0.1, 0.15) is 6.23 Å². The van der Waals surface area contributed by atoms with Crippen molar-refractivity contribution >= 4 is 40.4 Å². The molecule has 3 unspecified atom stereocenters. The normalized spacial score (nSPS) is 35.2. The molecule has 0 radical (unpaired) electrons. The Balaban J connectivity index is 1.57. The highest BCUT2D eigenvalue weighted by atomic mass is 31.3. The van der Waals surface area contributed by atoms with Gasteiger partial charge in [0.05, 0.1) is 6.33 Å². The summed E-state index contributed by atoms with van der Waals surface area (Å²) in [7, 11) is -17.4. The topological polar surface area (TPSA) is 259 Å². The number of nitrogen functional groups attached to an aromatic ring is 1. The highest BCUT2D eigenvalue weighted by Crippen LogP contribution is 2.72. The largest absolute Gasteiger partial charge is 0.490 e. The molecular formula is C11H14F2N5O12P3. The van der Waals surface area contributed by atoms with E-state index in [1.54, 1.807) is 0 Å². The Morgan fingerprint density at radius 1 is 1.15 bits per heavy atom. The van der Waals surface area contributed by atoms with Crippen molar-refractivity contribution in [3.63, 3.8) is 0 Å². The van der Waals surface area contributed by atoms with Crippen molar-refractivity contribution in [2.45, 2.75) is 29.7 Å². The second-order valence-corrected chi connectivity index (χ2v) is 11.3. The molecule has 0 amide bonds. The lowest BCUT2D eigenvalue weighted by atomic mass is 10.1. The van der Waals surface area contributed by atoms with E-state index in [2.05, 4.69) is 28.1 Å². The molecule has 0 spiro atoms. The number of nitrogens with two attached hydrogens (primary N) is 1. The molecule has 2 fully saturated rings. The van der Waals surface area contributed by atoms with Crippen molar-refractivity contribution in [3.8, 4) is 0 Å².